The van der Waals surface area contributed by atoms with Crippen molar-refractivity contribution in [2.24, 2.45) is 0 Å². The van der Waals surface area contributed by atoms with Crippen molar-refractivity contribution in [2.45, 2.75) is 26.3 Å². The van der Waals surface area contributed by atoms with E-state index in [1.165, 1.54) is 4.68 Å². The lowest BCUT2D eigenvalue weighted by molar-refractivity contribution is 0.318. The normalized spacial score (nSPS) is 11.0. The average Bonchev–Trinajstić information content (AvgIpc) is 2.71. The minimum Gasteiger partial charge on any atom is -0.492 e. The molecule has 0 aliphatic carbocycles. The molecule has 0 amide bonds. The number of ether oxygens (including phenoxy) is 1. The summed E-state index contributed by atoms with van der Waals surface area (Å²) in [5.41, 5.74) is 6.91. The van der Waals surface area contributed by atoms with Gasteiger partial charge in [0.05, 0.1) is 12.7 Å². The monoisotopic (exact) mass is 397 g/mol. The van der Waals surface area contributed by atoms with E-state index in [9.17, 15) is 4.79 Å². The van der Waals surface area contributed by atoms with E-state index in [4.69, 9.17) is 10.5 Å². The van der Waals surface area contributed by atoms with Crippen LogP contribution < -0.4 is 26.7 Å². The zero-order valence-electron chi connectivity index (χ0n) is 16.8. The molecule has 4 N–H and O–H groups in total. The van der Waals surface area contributed by atoms with Crippen molar-refractivity contribution in [3.8, 4) is 5.75 Å². The second-order valence-corrected chi connectivity index (χ2v) is 6.67. The van der Waals surface area contributed by atoms with Gasteiger partial charge in [0.25, 0.3) is 5.56 Å². The maximum atomic E-state index is 13.0. The number of nitrogen functional groups attached to an aromatic ring is 1. The minimum atomic E-state index is -0.254. The molecule has 3 rings (SSSR count). The number of aromatic nitrogens is 4. The molecule has 0 radical (unpaired) electrons. The fraction of sp³-hybridized carbons (Fsp3) is 0.400. The molecule has 2 heterocycles. The Morgan fingerprint density at radius 1 is 1.17 bits per heavy atom. The van der Waals surface area contributed by atoms with E-state index in [2.05, 4.69) is 32.6 Å². The topological polar surface area (TPSA) is 120 Å². The Morgan fingerprint density at radius 3 is 2.69 bits per heavy atom. The molecule has 0 aliphatic heterocycles. The van der Waals surface area contributed by atoms with Gasteiger partial charge in [-0.2, -0.15) is 10.1 Å². The molecule has 1 aromatic carbocycles. The van der Waals surface area contributed by atoms with Crippen LogP contribution in [0.3, 0.4) is 0 Å². The SMILES string of the molecule is CCCCNc1nc(N)nc2cnn(Cc3ccc(OCCNC)cc3)c(=O)c12. The number of rotatable bonds is 10. The molecule has 0 aliphatic rings. The van der Waals surface area contributed by atoms with Crippen LogP contribution >= 0.6 is 0 Å². The second-order valence-electron chi connectivity index (χ2n) is 6.67. The largest absolute Gasteiger partial charge is 0.492 e. The smallest absolute Gasteiger partial charge is 0.280 e. The van der Waals surface area contributed by atoms with Gasteiger partial charge in [-0.3, -0.25) is 4.79 Å². The molecule has 9 nitrogen and oxygen atoms in total. The molecular weight excluding hydrogens is 370 g/mol. The van der Waals surface area contributed by atoms with Crippen LogP contribution in [0.15, 0.2) is 35.3 Å². The Morgan fingerprint density at radius 2 is 1.97 bits per heavy atom. The Balaban J connectivity index is 1.84. The van der Waals surface area contributed by atoms with Gasteiger partial charge in [-0.25, -0.2) is 9.67 Å². The fourth-order valence-corrected chi connectivity index (χ4v) is 2.87. The molecule has 0 bridgehead atoms. The Labute approximate surface area is 169 Å². The van der Waals surface area contributed by atoms with Crippen LogP contribution in [0, 0.1) is 0 Å². The molecule has 154 valence electrons. The van der Waals surface area contributed by atoms with E-state index >= 15 is 0 Å². The standard InChI is InChI=1S/C20H27N7O2/c1-3-4-9-23-18-17-16(25-20(21)26-18)12-24-27(19(17)28)13-14-5-7-15(8-6-14)29-11-10-22-2/h5-8,12,22H,3-4,9-11,13H2,1-2H3,(H3,21,23,25,26). The molecule has 0 saturated carbocycles. The van der Waals surface area contributed by atoms with Gasteiger partial charge in [-0.1, -0.05) is 25.5 Å². The molecule has 0 atom stereocenters. The highest BCUT2D eigenvalue weighted by atomic mass is 16.5. The molecular formula is C20H27N7O2. The molecule has 2 aromatic heterocycles. The lowest BCUT2D eigenvalue weighted by atomic mass is 10.2. The predicted molar refractivity (Wildman–Crippen MR) is 114 cm³/mol. The minimum absolute atomic E-state index is 0.115. The first-order valence-corrected chi connectivity index (χ1v) is 9.76. The van der Waals surface area contributed by atoms with Gasteiger partial charge in [-0.15, -0.1) is 0 Å². The van der Waals surface area contributed by atoms with Crippen molar-refractivity contribution < 1.29 is 4.74 Å². The molecule has 0 unspecified atom stereocenters. The summed E-state index contributed by atoms with van der Waals surface area (Å²) in [7, 11) is 1.88. The highest BCUT2D eigenvalue weighted by Gasteiger charge is 2.13. The number of fused-ring (bicyclic) bond motifs is 1. The van der Waals surface area contributed by atoms with Crippen LogP contribution in [0.5, 0.6) is 5.75 Å². The number of nitrogens with one attached hydrogen (secondary N) is 2. The van der Waals surface area contributed by atoms with Gasteiger partial charge in [0.15, 0.2) is 0 Å². The molecule has 9 heteroatoms. The summed E-state index contributed by atoms with van der Waals surface area (Å²) in [4.78, 5) is 21.4. The van der Waals surface area contributed by atoms with Crippen LogP contribution in [0.2, 0.25) is 0 Å². The Hall–Kier alpha value is -3.20. The first kappa shape index (κ1) is 20.5. The maximum absolute atomic E-state index is 13.0. The van der Waals surface area contributed by atoms with Crippen LogP contribution in [-0.4, -0.2) is 46.5 Å². The van der Waals surface area contributed by atoms with E-state index in [-0.39, 0.29) is 11.5 Å². The summed E-state index contributed by atoms with van der Waals surface area (Å²) in [6.45, 7) is 4.52. The zero-order chi connectivity index (χ0) is 20.6. The van der Waals surface area contributed by atoms with Crippen LogP contribution in [0.1, 0.15) is 25.3 Å². The van der Waals surface area contributed by atoms with Crippen LogP contribution in [0.4, 0.5) is 11.8 Å². The van der Waals surface area contributed by atoms with Gasteiger partial charge in [0.2, 0.25) is 5.95 Å². The second kappa shape index (κ2) is 9.83. The van der Waals surface area contributed by atoms with Crippen molar-refractivity contribution in [3.63, 3.8) is 0 Å². The first-order valence-electron chi connectivity index (χ1n) is 9.76. The molecule has 3 aromatic rings. The number of hydrogen-bond acceptors (Lipinski definition) is 8. The first-order chi connectivity index (χ1) is 14.1. The maximum Gasteiger partial charge on any atom is 0.280 e. The zero-order valence-corrected chi connectivity index (χ0v) is 16.8. The van der Waals surface area contributed by atoms with E-state index in [0.717, 1.165) is 30.7 Å². The number of benzene rings is 1. The van der Waals surface area contributed by atoms with Gasteiger partial charge in [-0.05, 0) is 31.2 Å². The van der Waals surface area contributed by atoms with Crippen molar-refractivity contribution in [1.82, 2.24) is 25.1 Å². The molecule has 29 heavy (non-hydrogen) atoms. The third-order valence-electron chi connectivity index (χ3n) is 4.42. The number of hydrogen-bond donors (Lipinski definition) is 3. The quantitative estimate of drug-likeness (QED) is 0.442. The summed E-state index contributed by atoms with van der Waals surface area (Å²) in [5, 5.41) is 10.9. The van der Waals surface area contributed by atoms with E-state index in [1.54, 1.807) is 6.20 Å². The van der Waals surface area contributed by atoms with Crippen molar-refractivity contribution in [1.29, 1.82) is 0 Å². The van der Waals surface area contributed by atoms with Gasteiger partial charge < -0.3 is 21.1 Å². The number of unbranched alkanes of at least 4 members (excludes halogenated alkanes) is 1. The van der Waals surface area contributed by atoms with Crippen LogP contribution in [0.25, 0.3) is 10.9 Å². The summed E-state index contributed by atoms with van der Waals surface area (Å²) >= 11 is 0. The number of anilines is 2. The summed E-state index contributed by atoms with van der Waals surface area (Å²) < 4.78 is 7.03. The third-order valence-corrected chi connectivity index (χ3v) is 4.42. The summed E-state index contributed by atoms with van der Waals surface area (Å²) in [6, 6.07) is 7.62. The lowest BCUT2D eigenvalue weighted by Crippen LogP contribution is -2.25. The molecule has 0 spiro atoms. The Kier molecular flexibility index (Phi) is 6.96. The molecule has 0 saturated heterocycles. The molecule has 0 fully saturated rings. The van der Waals surface area contributed by atoms with E-state index in [0.29, 0.717) is 36.4 Å². The number of nitrogens with zero attached hydrogens (tertiary/aromatic N) is 4. The van der Waals surface area contributed by atoms with Crippen molar-refractivity contribution >= 4 is 22.7 Å². The van der Waals surface area contributed by atoms with Gasteiger partial charge in [0, 0.05) is 13.1 Å². The van der Waals surface area contributed by atoms with E-state index < -0.39 is 0 Å². The van der Waals surface area contributed by atoms with Gasteiger partial charge >= 0.3 is 0 Å². The van der Waals surface area contributed by atoms with Gasteiger partial charge in [0.1, 0.15) is 29.1 Å². The highest BCUT2D eigenvalue weighted by molar-refractivity contribution is 5.88. The number of likely N-dealkylation sites (N-methyl/N-ethyl adjacent to an activating group) is 1. The average molecular weight is 397 g/mol. The predicted octanol–water partition coefficient (Wildman–Crippen LogP) is 1.63. The summed E-state index contributed by atoms with van der Waals surface area (Å²) in [6.07, 6.45) is 3.55. The van der Waals surface area contributed by atoms with E-state index in [1.807, 2.05) is 31.3 Å². The van der Waals surface area contributed by atoms with Crippen molar-refractivity contribution in [2.75, 3.05) is 37.8 Å². The highest BCUT2D eigenvalue weighted by Crippen LogP contribution is 2.17. The van der Waals surface area contributed by atoms with Crippen molar-refractivity contribution in [3.05, 3.63) is 46.4 Å². The summed E-state index contributed by atoms with van der Waals surface area (Å²) in [5.74, 6) is 1.36. The Bertz CT molecular complexity index is 1000. The third kappa shape index (κ3) is 5.20. The number of nitrogens with two attached hydrogens (primary N) is 1. The van der Waals surface area contributed by atoms with Crippen LogP contribution in [-0.2, 0) is 6.54 Å². The lowest BCUT2D eigenvalue weighted by Gasteiger charge is -2.11. The fourth-order valence-electron chi connectivity index (χ4n) is 2.87.